The van der Waals surface area contributed by atoms with Gasteiger partial charge < -0.3 is 15.5 Å². The van der Waals surface area contributed by atoms with E-state index in [9.17, 15) is 0 Å². The molecule has 0 spiro atoms. The molecular weight excluding hydrogens is 288 g/mol. The number of nitrogen functional groups attached to an aromatic ring is 1. The van der Waals surface area contributed by atoms with Crippen molar-refractivity contribution in [3.63, 3.8) is 0 Å². The highest BCUT2D eigenvalue weighted by atomic mass is 16.5. The molecule has 112 valence electrons. The number of anilines is 1. The van der Waals surface area contributed by atoms with Crippen LogP contribution in [0.2, 0.25) is 0 Å². The van der Waals surface area contributed by atoms with Crippen LogP contribution in [0.4, 0.5) is 5.69 Å². The van der Waals surface area contributed by atoms with Gasteiger partial charge in [-0.25, -0.2) is 9.97 Å². The second-order valence-corrected chi connectivity index (χ2v) is 5.13. The van der Waals surface area contributed by atoms with Crippen LogP contribution in [0.25, 0.3) is 22.6 Å². The second-order valence-electron chi connectivity index (χ2n) is 5.13. The Bertz CT molecular complexity index is 946. The maximum absolute atomic E-state index is 5.93. The lowest BCUT2D eigenvalue weighted by molar-refractivity contribution is 0.487. The molecule has 0 unspecified atom stereocenters. The molecule has 3 N–H and O–H groups in total. The Morgan fingerprint density at radius 3 is 2.48 bits per heavy atom. The summed E-state index contributed by atoms with van der Waals surface area (Å²) >= 11 is 0. The molecule has 5 nitrogen and oxygen atoms in total. The standard InChI is InChI=1S/C18H14N4O/c19-13-6-8-14(9-7-13)23-15-10-11-20-18-16(15)21-17(22-18)12-4-2-1-3-5-12/h1-11H,19H2,(H,20,21,22). The number of hydrogen-bond acceptors (Lipinski definition) is 4. The number of nitrogens with zero attached hydrogens (tertiary/aromatic N) is 2. The van der Waals surface area contributed by atoms with Gasteiger partial charge in [-0.1, -0.05) is 30.3 Å². The molecular formula is C18H14N4O. The minimum Gasteiger partial charge on any atom is -0.455 e. The number of benzene rings is 2. The van der Waals surface area contributed by atoms with Crippen molar-refractivity contribution in [2.24, 2.45) is 0 Å². The monoisotopic (exact) mass is 302 g/mol. The summed E-state index contributed by atoms with van der Waals surface area (Å²) in [5.41, 5.74) is 8.79. The Balaban J connectivity index is 1.75. The summed E-state index contributed by atoms with van der Waals surface area (Å²) < 4.78 is 5.93. The van der Waals surface area contributed by atoms with E-state index in [4.69, 9.17) is 10.5 Å². The van der Waals surface area contributed by atoms with Crippen LogP contribution in [0.15, 0.2) is 66.9 Å². The smallest absolute Gasteiger partial charge is 0.181 e. The Hall–Kier alpha value is -3.34. The van der Waals surface area contributed by atoms with E-state index in [2.05, 4.69) is 15.0 Å². The Morgan fingerprint density at radius 2 is 1.70 bits per heavy atom. The average Bonchev–Trinajstić information content (AvgIpc) is 3.03. The fourth-order valence-corrected chi connectivity index (χ4v) is 2.37. The highest BCUT2D eigenvalue weighted by molar-refractivity contribution is 5.81. The zero-order valence-electron chi connectivity index (χ0n) is 12.2. The van der Waals surface area contributed by atoms with Crippen molar-refractivity contribution in [1.29, 1.82) is 0 Å². The van der Waals surface area contributed by atoms with Crippen molar-refractivity contribution < 1.29 is 4.74 Å². The fourth-order valence-electron chi connectivity index (χ4n) is 2.37. The maximum Gasteiger partial charge on any atom is 0.181 e. The Morgan fingerprint density at radius 1 is 0.913 bits per heavy atom. The number of H-pyrrole nitrogens is 1. The lowest BCUT2D eigenvalue weighted by Crippen LogP contribution is -1.88. The molecule has 0 aliphatic rings. The molecule has 2 heterocycles. The molecule has 5 heteroatoms. The predicted octanol–water partition coefficient (Wildman–Crippen LogP) is 4.00. The SMILES string of the molecule is Nc1ccc(Oc2ccnc3nc(-c4ccccc4)[nH]c23)cc1. The summed E-state index contributed by atoms with van der Waals surface area (Å²) in [4.78, 5) is 12.1. The van der Waals surface area contributed by atoms with Gasteiger partial charge in [0.25, 0.3) is 0 Å². The van der Waals surface area contributed by atoms with Crippen LogP contribution in [0.1, 0.15) is 0 Å². The quantitative estimate of drug-likeness (QED) is 0.561. The van der Waals surface area contributed by atoms with Gasteiger partial charge in [-0.2, -0.15) is 0 Å². The van der Waals surface area contributed by atoms with Crippen molar-refractivity contribution in [2.45, 2.75) is 0 Å². The summed E-state index contributed by atoms with van der Waals surface area (Å²) in [6.45, 7) is 0. The van der Waals surface area contributed by atoms with Gasteiger partial charge in [-0.05, 0) is 24.3 Å². The summed E-state index contributed by atoms with van der Waals surface area (Å²) in [5.74, 6) is 2.15. The van der Waals surface area contributed by atoms with Gasteiger partial charge in [0.05, 0.1) is 0 Å². The van der Waals surface area contributed by atoms with Crippen LogP contribution in [0.5, 0.6) is 11.5 Å². The van der Waals surface area contributed by atoms with Crippen LogP contribution >= 0.6 is 0 Å². The molecule has 0 aliphatic heterocycles. The number of nitrogens with one attached hydrogen (secondary N) is 1. The second kappa shape index (κ2) is 5.46. The number of imidazole rings is 1. The largest absolute Gasteiger partial charge is 0.455 e. The van der Waals surface area contributed by atoms with E-state index in [1.165, 1.54) is 0 Å². The minimum atomic E-state index is 0.622. The van der Waals surface area contributed by atoms with Crippen LogP contribution in [0, 0.1) is 0 Å². The number of rotatable bonds is 3. The topological polar surface area (TPSA) is 76.8 Å². The lowest BCUT2D eigenvalue weighted by Gasteiger charge is -2.06. The molecule has 0 bridgehead atoms. The maximum atomic E-state index is 5.93. The first-order valence-corrected chi connectivity index (χ1v) is 7.23. The van der Waals surface area contributed by atoms with Gasteiger partial charge in [-0.3, -0.25) is 0 Å². The summed E-state index contributed by atoms with van der Waals surface area (Å²) in [6, 6.07) is 19.0. The van der Waals surface area contributed by atoms with Crippen LogP contribution < -0.4 is 10.5 Å². The van der Waals surface area contributed by atoms with E-state index in [-0.39, 0.29) is 0 Å². The van der Waals surface area contributed by atoms with Gasteiger partial charge in [0, 0.05) is 23.5 Å². The predicted molar refractivity (Wildman–Crippen MR) is 90.3 cm³/mol. The molecule has 0 atom stereocenters. The summed E-state index contributed by atoms with van der Waals surface area (Å²) in [6.07, 6.45) is 1.69. The zero-order chi connectivity index (χ0) is 15.6. The zero-order valence-corrected chi connectivity index (χ0v) is 12.2. The van der Waals surface area contributed by atoms with E-state index in [1.807, 2.05) is 48.5 Å². The molecule has 0 radical (unpaired) electrons. The van der Waals surface area contributed by atoms with E-state index < -0.39 is 0 Å². The highest BCUT2D eigenvalue weighted by Crippen LogP contribution is 2.29. The van der Waals surface area contributed by atoms with E-state index in [0.717, 1.165) is 16.9 Å². The number of hydrogen-bond donors (Lipinski definition) is 2. The first-order valence-electron chi connectivity index (χ1n) is 7.23. The number of aromatic amines is 1. The summed E-state index contributed by atoms with van der Waals surface area (Å²) in [7, 11) is 0. The van der Waals surface area contributed by atoms with Crippen molar-refractivity contribution in [1.82, 2.24) is 15.0 Å². The Labute approximate surface area is 132 Å². The van der Waals surface area contributed by atoms with Gasteiger partial charge in [0.2, 0.25) is 0 Å². The molecule has 0 saturated heterocycles. The first kappa shape index (κ1) is 13.3. The number of aromatic nitrogens is 3. The highest BCUT2D eigenvalue weighted by Gasteiger charge is 2.11. The molecule has 0 fully saturated rings. The van der Waals surface area contributed by atoms with Crippen LogP contribution in [-0.4, -0.2) is 15.0 Å². The third-order valence-electron chi connectivity index (χ3n) is 3.51. The van der Waals surface area contributed by atoms with Gasteiger partial charge in [0.15, 0.2) is 11.4 Å². The molecule has 4 rings (SSSR count). The molecule has 2 aromatic heterocycles. The number of pyridine rings is 1. The van der Waals surface area contributed by atoms with Crippen LogP contribution in [-0.2, 0) is 0 Å². The fraction of sp³-hybridized carbons (Fsp3) is 0. The number of nitrogens with two attached hydrogens (primary N) is 1. The molecule has 23 heavy (non-hydrogen) atoms. The van der Waals surface area contributed by atoms with Gasteiger partial charge in [-0.15, -0.1) is 0 Å². The van der Waals surface area contributed by atoms with Crippen molar-refractivity contribution in [2.75, 3.05) is 5.73 Å². The van der Waals surface area contributed by atoms with Gasteiger partial charge >= 0.3 is 0 Å². The van der Waals surface area contributed by atoms with Gasteiger partial charge in [0.1, 0.15) is 17.1 Å². The Kier molecular flexibility index (Phi) is 3.16. The molecule has 4 aromatic rings. The minimum absolute atomic E-state index is 0.622. The third kappa shape index (κ3) is 2.60. The van der Waals surface area contributed by atoms with Crippen LogP contribution in [0.3, 0.4) is 0 Å². The molecule has 0 saturated carbocycles. The van der Waals surface area contributed by atoms with E-state index in [1.54, 1.807) is 18.3 Å². The number of fused-ring (bicyclic) bond motifs is 1. The normalized spacial score (nSPS) is 10.8. The average molecular weight is 302 g/mol. The van der Waals surface area contributed by atoms with Crippen molar-refractivity contribution >= 4 is 16.9 Å². The van der Waals surface area contributed by atoms with Crippen molar-refractivity contribution in [3.8, 4) is 22.9 Å². The molecule has 2 aromatic carbocycles. The molecule has 0 aliphatic carbocycles. The van der Waals surface area contributed by atoms with E-state index >= 15 is 0 Å². The first-order chi connectivity index (χ1) is 11.3. The number of ether oxygens (including phenoxy) is 1. The lowest BCUT2D eigenvalue weighted by atomic mass is 10.2. The summed E-state index contributed by atoms with van der Waals surface area (Å²) in [5, 5.41) is 0. The van der Waals surface area contributed by atoms with E-state index in [0.29, 0.717) is 22.8 Å². The molecule has 0 amide bonds. The van der Waals surface area contributed by atoms with Crippen molar-refractivity contribution in [3.05, 3.63) is 66.9 Å². The third-order valence-corrected chi connectivity index (χ3v) is 3.51.